The number of carbonyl (C=O) groups is 3. The molecule has 1 saturated heterocycles. The largest absolute Gasteiger partial charge is 0.468 e. The summed E-state index contributed by atoms with van der Waals surface area (Å²) in [6.45, 7) is 0.331. The molecule has 6 nitrogen and oxygen atoms in total. The van der Waals surface area contributed by atoms with Crippen molar-refractivity contribution in [3.05, 3.63) is 0 Å². The highest BCUT2D eigenvalue weighted by Gasteiger charge is 2.35. The summed E-state index contributed by atoms with van der Waals surface area (Å²) >= 11 is 0. The van der Waals surface area contributed by atoms with Gasteiger partial charge in [-0.15, -0.1) is 0 Å². The van der Waals surface area contributed by atoms with Gasteiger partial charge in [0.25, 0.3) is 0 Å². The molecule has 1 aliphatic heterocycles. The maximum atomic E-state index is 11.4. The summed E-state index contributed by atoms with van der Waals surface area (Å²) in [4.78, 5) is 35.1. The van der Waals surface area contributed by atoms with E-state index in [4.69, 9.17) is 0 Å². The molecule has 0 aromatic rings. The molecule has 1 aliphatic rings. The third-order valence-corrected chi connectivity index (χ3v) is 2.34. The number of methoxy groups -OCH3 is 2. The van der Waals surface area contributed by atoms with Gasteiger partial charge < -0.3 is 14.4 Å². The summed E-state index contributed by atoms with van der Waals surface area (Å²) < 4.78 is 8.99. The van der Waals surface area contributed by atoms with Crippen LogP contribution in [0.3, 0.4) is 0 Å². The SMILES string of the molecule is COC(=O)[C@H]1CN(C(=O)OC)CCC1=O. The Labute approximate surface area is 87.1 Å². The highest BCUT2D eigenvalue weighted by atomic mass is 16.5. The Morgan fingerprint density at radius 1 is 1.33 bits per heavy atom. The molecule has 84 valence electrons. The second-order valence-corrected chi connectivity index (χ2v) is 3.21. The van der Waals surface area contributed by atoms with Crippen LogP contribution in [0.1, 0.15) is 6.42 Å². The van der Waals surface area contributed by atoms with Gasteiger partial charge in [-0.25, -0.2) is 4.79 Å². The number of carbonyl (C=O) groups excluding carboxylic acids is 3. The van der Waals surface area contributed by atoms with E-state index < -0.39 is 18.0 Å². The Hall–Kier alpha value is -1.59. The fourth-order valence-corrected chi connectivity index (χ4v) is 1.48. The smallest absolute Gasteiger partial charge is 0.409 e. The second-order valence-electron chi connectivity index (χ2n) is 3.21. The van der Waals surface area contributed by atoms with Crippen LogP contribution in [0.25, 0.3) is 0 Å². The highest BCUT2D eigenvalue weighted by Crippen LogP contribution is 2.15. The van der Waals surface area contributed by atoms with E-state index in [0.29, 0.717) is 6.54 Å². The van der Waals surface area contributed by atoms with Crippen molar-refractivity contribution in [1.82, 2.24) is 4.90 Å². The van der Waals surface area contributed by atoms with Gasteiger partial charge in [-0.05, 0) is 0 Å². The van der Waals surface area contributed by atoms with Gasteiger partial charge in [0, 0.05) is 19.5 Å². The van der Waals surface area contributed by atoms with Crippen molar-refractivity contribution in [2.45, 2.75) is 6.42 Å². The normalized spacial score (nSPS) is 21.1. The Kier molecular flexibility index (Phi) is 3.65. The lowest BCUT2D eigenvalue weighted by molar-refractivity contribution is -0.151. The van der Waals surface area contributed by atoms with Crippen LogP contribution in [-0.4, -0.2) is 50.1 Å². The fourth-order valence-electron chi connectivity index (χ4n) is 1.48. The molecule has 0 radical (unpaired) electrons. The number of ketones is 1. The van der Waals surface area contributed by atoms with Crippen LogP contribution in [0, 0.1) is 5.92 Å². The molecular weight excluding hydrogens is 202 g/mol. The van der Waals surface area contributed by atoms with E-state index in [1.807, 2.05) is 0 Å². The molecule has 0 spiro atoms. The summed E-state index contributed by atoms with van der Waals surface area (Å²) in [5, 5.41) is 0. The first-order valence-electron chi connectivity index (χ1n) is 4.53. The topological polar surface area (TPSA) is 72.9 Å². The fraction of sp³-hybridized carbons (Fsp3) is 0.667. The van der Waals surface area contributed by atoms with Crippen LogP contribution in [0.4, 0.5) is 4.79 Å². The summed E-state index contributed by atoms with van der Waals surface area (Å²) in [5.41, 5.74) is 0. The van der Waals surface area contributed by atoms with Crippen LogP contribution < -0.4 is 0 Å². The van der Waals surface area contributed by atoms with Gasteiger partial charge in [-0.2, -0.15) is 0 Å². The number of hydrogen-bond acceptors (Lipinski definition) is 5. The van der Waals surface area contributed by atoms with Crippen LogP contribution >= 0.6 is 0 Å². The van der Waals surface area contributed by atoms with E-state index in [1.165, 1.54) is 19.1 Å². The van der Waals surface area contributed by atoms with Gasteiger partial charge in [-0.1, -0.05) is 0 Å². The number of esters is 1. The lowest BCUT2D eigenvalue weighted by Gasteiger charge is -2.29. The molecule has 0 bridgehead atoms. The number of hydrogen-bond donors (Lipinski definition) is 0. The average molecular weight is 215 g/mol. The molecule has 1 fully saturated rings. The van der Waals surface area contributed by atoms with Crippen molar-refractivity contribution in [2.75, 3.05) is 27.3 Å². The van der Waals surface area contributed by atoms with Crippen LogP contribution in [0.5, 0.6) is 0 Å². The van der Waals surface area contributed by atoms with E-state index >= 15 is 0 Å². The molecule has 0 saturated carbocycles. The zero-order valence-corrected chi connectivity index (χ0v) is 8.69. The molecule has 1 atom stereocenters. The summed E-state index contributed by atoms with van der Waals surface area (Å²) in [5.74, 6) is -1.67. The average Bonchev–Trinajstić information content (AvgIpc) is 2.27. The second kappa shape index (κ2) is 4.77. The van der Waals surface area contributed by atoms with Crippen molar-refractivity contribution in [3.63, 3.8) is 0 Å². The number of piperidine rings is 1. The summed E-state index contributed by atoms with van der Waals surface area (Å²) in [7, 11) is 2.47. The van der Waals surface area contributed by atoms with E-state index in [-0.39, 0.29) is 18.7 Å². The number of nitrogens with zero attached hydrogens (tertiary/aromatic N) is 1. The summed E-state index contributed by atoms with van der Waals surface area (Å²) in [6, 6.07) is 0. The van der Waals surface area contributed by atoms with Crippen LogP contribution in [0.15, 0.2) is 0 Å². The minimum Gasteiger partial charge on any atom is -0.468 e. The number of ether oxygens (including phenoxy) is 2. The number of amides is 1. The van der Waals surface area contributed by atoms with Crippen molar-refractivity contribution >= 4 is 17.8 Å². The van der Waals surface area contributed by atoms with Gasteiger partial charge in [0.15, 0.2) is 5.78 Å². The standard InChI is InChI=1S/C9H13NO5/c1-14-8(12)6-5-10(9(13)15-2)4-3-7(6)11/h6H,3-5H2,1-2H3/t6-/m0/s1. The molecule has 1 heterocycles. The van der Waals surface area contributed by atoms with Crippen molar-refractivity contribution in [2.24, 2.45) is 5.92 Å². The molecule has 6 heteroatoms. The van der Waals surface area contributed by atoms with Gasteiger partial charge in [0.05, 0.1) is 14.2 Å². The van der Waals surface area contributed by atoms with Crippen molar-refractivity contribution < 1.29 is 23.9 Å². The van der Waals surface area contributed by atoms with Gasteiger partial charge in [0.2, 0.25) is 0 Å². The first-order chi connectivity index (χ1) is 7.10. The third-order valence-electron chi connectivity index (χ3n) is 2.34. The molecule has 0 aromatic heterocycles. The van der Waals surface area contributed by atoms with Gasteiger partial charge in [0.1, 0.15) is 5.92 Å². The van der Waals surface area contributed by atoms with E-state index in [1.54, 1.807) is 0 Å². The molecule has 15 heavy (non-hydrogen) atoms. The number of likely N-dealkylation sites (tertiary alicyclic amines) is 1. The Morgan fingerprint density at radius 3 is 2.53 bits per heavy atom. The van der Waals surface area contributed by atoms with Crippen LogP contribution in [0.2, 0.25) is 0 Å². The van der Waals surface area contributed by atoms with Crippen LogP contribution in [-0.2, 0) is 19.1 Å². The maximum absolute atomic E-state index is 11.4. The van der Waals surface area contributed by atoms with Crippen molar-refractivity contribution in [3.8, 4) is 0 Å². The predicted molar refractivity (Wildman–Crippen MR) is 49.1 cm³/mol. The van der Waals surface area contributed by atoms with Gasteiger partial charge in [-0.3, -0.25) is 9.59 Å². The maximum Gasteiger partial charge on any atom is 0.409 e. The zero-order chi connectivity index (χ0) is 11.4. The minimum absolute atomic E-state index is 0.0399. The number of Topliss-reactive ketones (excluding diaryl/α,β-unsaturated/α-hetero) is 1. The molecular formula is C9H13NO5. The summed E-state index contributed by atoms with van der Waals surface area (Å²) in [6.07, 6.45) is -0.370. The number of rotatable bonds is 1. The molecule has 0 unspecified atom stereocenters. The molecule has 1 rings (SSSR count). The lowest BCUT2D eigenvalue weighted by atomic mass is 9.97. The molecule has 1 amide bonds. The van der Waals surface area contributed by atoms with Crippen molar-refractivity contribution in [1.29, 1.82) is 0 Å². The van der Waals surface area contributed by atoms with E-state index in [0.717, 1.165) is 0 Å². The van der Waals surface area contributed by atoms with E-state index in [9.17, 15) is 14.4 Å². The highest BCUT2D eigenvalue weighted by molar-refractivity contribution is 6.00. The predicted octanol–water partition coefficient (Wildman–Crippen LogP) is -0.183. The minimum atomic E-state index is -0.872. The monoisotopic (exact) mass is 215 g/mol. The molecule has 0 aliphatic carbocycles. The molecule has 0 aromatic carbocycles. The first-order valence-corrected chi connectivity index (χ1v) is 4.53. The Morgan fingerprint density at radius 2 is 2.00 bits per heavy atom. The van der Waals surface area contributed by atoms with Gasteiger partial charge >= 0.3 is 12.1 Å². The quantitative estimate of drug-likeness (QED) is 0.448. The van der Waals surface area contributed by atoms with E-state index in [2.05, 4.69) is 9.47 Å². The first kappa shape index (κ1) is 11.5. The lowest BCUT2D eigenvalue weighted by Crippen LogP contribution is -2.47. The third kappa shape index (κ3) is 2.45. The molecule has 0 N–H and O–H groups in total. The zero-order valence-electron chi connectivity index (χ0n) is 8.69. The Balaban J connectivity index is 2.68. The Bertz CT molecular complexity index is 280.